The molecule has 9 aromatic carbocycles. The van der Waals surface area contributed by atoms with Gasteiger partial charge in [-0.2, -0.15) is 0 Å². The fraction of sp³-hybridized carbons (Fsp3) is 0. The average Bonchev–Trinajstić information content (AvgIpc) is 3.76. The number of hydrogen-bond acceptors (Lipinski definition) is 2. The third-order valence-electron chi connectivity index (χ3n) is 10.5. The Kier molecular flexibility index (Phi) is 5.89. The lowest BCUT2D eigenvalue weighted by Crippen LogP contribution is -1.90. The van der Waals surface area contributed by atoms with E-state index in [0.29, 0.717) is 0 Å². The lowest BCUT2D eigenvalue weighted by molar-refractivity contribution is 0.673. The number of rotatable bonds is 3. The minimum absolute atomic E-state index is 0.937. The highest BCUT2D eigenvalue weighted by Gasteiger charge is 2.20. The molecular weight excluding hydrogens is 625 g/mol. The minimum Gasteiger partial charge on any atom is -0.455 e. The molecule has 2 aromatic heterocycles. The van der Waals surface area contributed by atoms with E-state index in [0.717, 1.165) is 11.2 Å². The van der Waals surface area contributed by atoms with Gasteiger partial charge >= 0.3 is 0 Å². The second-order valence-electron chi connectivity index (χ2n) is 13.1. The van der Waals surface area contributed by atoms with Crippen LogP contribution in [0.2, 0.25) is 0 Å². The molecule has 2 heterocycles. The van der Waals surface area contributed by atoms with Gasteiger partial charge in [-0.1, -0.05) is 158 Å². The summed E-state index contributed by atoms with van der Waals surface area (Å²) >= 11 is 1.87. The molecule has 11 aromatic rings. The smallest absolute Gasteiger partial charge is 0.145 e. The lowest BCUT2D eigenvalue weighted by atomic mass is 9.86. The number of hydrogen-bond donors (Lipinski definition) is 0. The van der Waals surface area contributed by atoms with Crippen molar-refractivity contribution in [3.63, 3.8) is 0 Å². The van der Waals surface area contributed by atoms with Crippen LogP contribution in [0.25, 0.3) is 108 Å². The molecule has 0 aliphatic rings. The molecule has 0 unspecified atom stereocenters. The summed E-state index contributed by atoms with van der Waals surface area (Å²) in [5.41, 5.74) is 9.39. The van der Waals surface area contributed by atoms with Crippen LogP contribution in [0.15, 0.2) is 174 Å². The first-order chi connectivity index (χ1) is 24.8. The highest BCUT2D eigenvalue weighted by atomic mass is 32.1. The molecule has 1 nitrogen and oxygen atoms in total. The molecule has 232 valence electrons. The largest absolute Gasteiger partial charge is 0.455 e. The van der Waals surface area contributed by atoms with Crippen molar-refractivity contribution in [1.29, 1.82) is 0 Å². The molecular formula is C48H28OS. The van der Waals surface area contributed by atoms with E-state index < -0.39 is 0 Å². The first kappa shape index (κ1) is 27.7. The van der Waals surface area contributed by atoms with Gasteiger partial charge in [0.05, 0.1) is 0 Å². The summed E-state index contributed by atoms with van der Waals surface area (Å²) in [5, 5.41) is 12.5. The van der Waals surface area contributed by atoms with E-state index in [1.807, 2.05) is 11.3 Å². The molecule has 50 heavy (non-hydrogen) atoms. The van der Waals surface area contributed by atoms with Gasteiger partial charge in [0.2, 0.25) is 0 Å². The molecule has 0 radical (unpaired) electrons. The number of fused-ring (bicyclic) bond motifs is 12. The van der Waals surface area contributed by atoms with Crippen LogP contribution < -0.4 is 0 Å². The SMILES string of the molecule is c1ccc(-c2c3ccccc3c(-c3ccc(-c4ccc5c(c4)sc4c6ccccc6c6c7ccccc7oc6c54)cc3)c3ccccc23)cc1. The first-order valence-electron chi connectivity index (χ1n) is 17.1. The van der Waals surface area contributed by atoms with Crippen LogP contribution in [-0.2, 0) is 0 Å². The van der Waals surface area contributed by atoms with E-state index in [-0.39, 0.29) is 0 Å². The zero-order valence-electron chi connectivity index (χ0n) is 27.0. The van der Waals surface area contributed by atoms with Crippen molar-refractivity contribution in [2.45, 2.75) is 0 Å². The van der Waals surface area contributed by atoms with Crippen LogP contribution in [0, 0.1) is 0 Å². The van der Waals surface area contributed by atoms with Crippen molar-refractivity contribution in [1.82, 2.24) is 0 Å². The number of para-hydroxylation sites is 1. The molecule has 0 saturated heterocycles. The molecule has 0 N–H and O–H groups in total. The Morgan fingerprint density at radius 2 is 0.840 bits per heavy atom. The molecule has 0 spiro atoms. The summed E-state index contributed by atoms with van der Waals surface area (Å²) in [6, 6.07) is 61.8. The standard InChI is InChI=1S/C48H28OS/c1-2-12-30(13-3-1)43-33-14-4-6-16-35(33)44(36-17-7-5-15-34(36)43)31-24-22-29(23-25-31)32-26-27-40-42(28-32)50-48-38-19-9-8-18-37(38)45-39-20-10-11-21-41(39)49-47(45)46(40)48/h1-28H. The Balaban J connectivity index is 1.08. The Morgan fingerprint density at radius 3 is 1.50 bits per heavy atom. The van der Waals surface area contributed by atoms with Gasteiger partial charge in [-0.3, -0.25) is 0 Å². The summed E-state index contributed by atoms with van der Waals surface area (Å²) in [5.74, 6) is 0. The van der Waals surface area contributed by atoms with Crippen LogP contribution in [-0.4, -0.2) is 0 Å². The normalized spacial score (nSPS) is 12.0. The quantitative estimate of drug-likeness (QED) is 0.173. The third kappa shape index (κ3) is 3.94. The lowest BCUT2D eigenvalue weighted by Gasteiger charge is -2.18. The molecule has 0 saturated carbocycles. The molecule has 2 heteroatoms. The van der Waals surface area contributed by atoms with E-state index in [4.69, 9.17) is 4.42 Å². The monoisotopic (exact) mass is 652 g/mol. The third-order valence-corrected chi connectivity index (χ3v) is 11.6. The van der Waals surface area contributed by atoms with Crippen molar-refractivity contribution < 1.29 is 4.42 Å². The van der Waals surface area contributed by atoms with Gasteiger partial charge in [0.1, 0.15) is 11.2 Å². The summed E-state index contributed by atoms with van der Waals surface area (Å²) in [6.45, 7) is 0. The van der Waals surface area contributed by atoms with E-state index >= 15 is 0 Å². The second-order valence-corrected chi connectivity index (χ2v) is 14.2. The summed E-state index contributed by atoms with van der Waals surface area (Å²) in [7, 11) is 0. The number of thiophene rings is 1. The molecule has 0 amide bonds. The van der Waals surface area contributed by atoms with Crippen LogP contribution in [0.4, 0.5) is 0 Å². The second kappa shape index (κ2) is 10.6. The Hall–Kier alpha value is -6.22. The Morgan fingerprint density at radius 1 is 0.340 bits per heavy atom. The van der Waals surface area contributed by atoms with Crippen molar-refractivity contribution in [3.8, 4) is 33.4 Å². The zero-order valence-corrected chi connectivity index (χ0v) is 27.8. The summed E-state index contributed by atoms with van der Waals surface area (Å²) < 4.78 is 9.17. The van der Waals surface area contributed by atoms with Crippen molar-refractivity contribution in [3.05, 3.63) is 170 Å². The zero-order chi connectivity index (χ0) is 32.8. The molecule has 0 aliphatic carbocycles. The molecule has 0 fully saturated rings. The number of furan rings is 1. The maximum absolute atomic E-state index is 6.61. The van der Waals surface area contributed by atoms with Crippen molar-refractivity contribution in [2.75, 3.05) is 0 Å². The topological polar surface area (TPSA) is 13.1 Å². The Labute approximate surface area is 292 Å². The minimum atomic E-state index is 0.937. The van der Waals surface area contributed by atoms with E-state index in [1.165, 1.54) is 96.6 Å². The van der Waals surface area contributed by atoms with Crippen LogP contribution in [0.5, 0.6) is 0 Å². The van der Waals surface area contributed by atoms with Crippen LogP contribution in [0.1, 0.15) is 0 Å². The maximum atomic E-state index is 6.61. The highest BCUT2D eigenvalue weighted by Crippen LogP contribution is 2.48. The van der Waals surface area contributed by atoms with E-state index in [9.17, 15) is 0 Å². The fourth-order valence-electron chi connectivity index (χ4n) is 8.26. The van der Waals surface area contributed by atoms with Gasteiger partial charge in [-0.15, -0.1) is 11.3 Å². The average molecular weight is 653 g/mol. The van der Waals surface area contributed by atoms with Gasteiger partial charge in [-0.05, 0) is 72.4 Å². The molecule has 11 rings (SSSR count). The van der Waals surface area contributed by atoms with Gasteiger partial charge < -0.3 is 4.42 Å². The van der Waals surface area contributed by atoms with Crippen LogP contribution in [0.3, 0.4) is 0 Å². The highest BCUT2D eigenvalue weighted by molar-refractivity contribution is 7.27. The predicted molar refractivity (Wildman–Crippen MR) is 215 cm³/mol. The van der Waals surface area contributed by atoms with Gasteiger partial charge in [0, 0.05) is 36.3 Å². The van der Waals surface area contributed by atoms with E-state index in [2.05, 4.69) is 170 Å². The molecule has 0 aliphatic heterocycles. The van der Waals surface area contributed by atoms with Gasteiger partial charge in [0.15, 0.2) is 0 Å². The van der Waals surface area contributed by atoms with Gasteiger partial charge in [-0.25, -0.2) is 0 Å². The first-order valence-corrected chi connectivity index (χ1v) is 17.9. The molecule has 0 atom stereocenters. The summed E-state index contributed by atoms with van der Waals surface area (Å²) in [4.78, 5) is 0. The van der Waals surface area contributed by atoms with Crippen molar-refractivity contribution >= 4 is 85.8 Å². The molecule has 0 bridgehead atoms. The van der Waals surface area contributed by atoms with Crippen LogP contribution >= 0.6 is 11.3 Å². The van der Waals surface area contributed by atoms with Crippen molar-refractivity contribution in [2.24, 2.45) is 0 Å². The predicted octanol–water partition coefficient (Wildman–Crippen LogP) is 14.4. The van der Waals surface area contributed by atoms with Gasteiger partial charge in [0.25, 0.3) is 0 Å². The Bertz CT molecular complexity index is 3070. The number of benzene rings is 9. The van der Waals surface area contributed by atoms with E-state index in [1.54, 1.807) is 0 Å². The maximum Gasteiger partial charge on any atom is 0.145 e. The fourth-order valence-corrected chi connectivity index (χ4v) is 9.54. The summed E-state index contributed by atoms with van der Waals surface area (Å²) in [6.07, 6.45) is 0.